The first kappa shape index (κ1) is 10.6. The molecule has 1 aromatic heterocycles. The number of aliphatic hydroxyl groups is 1. The van der Waals surface area contributed by atoms with Gasteiger partial charge in [-0.05, 0) is 27.4 Å². The molecule has 0 radical (unpaired) electrons. The van der Waals surface area contributed by atoms with Crippen LogP contribution < -0.4 is 0 Å². The lowest BCUT2D eigenvalue weighted by Gasteiger charge is -2.12. The molecule has 0 aromatic carbocycles. The second-order valence-electron chi connectivity index (χ2n) is 3.11. The molecule has 1 aromatic rings. The summed E-state index contributed by atoms with van der Waals surface area (Å²) in [6.07, 6.45) is 1.37. The molecule has 1 rings (SSSR count). The highest BCUT2D eigenvalue weighted by atomic mass is 79.9. The Bertz CT molecular complexity index is 315. The number of aliphatic hydroxyl groups excluding tert-OH is 1. The van der Waals surface area contributed by atoms with Crippen molar-refractivity contribution in [1.29, 1.82) is 0 Å². The average molecular weight is 248 g/mol. The molecule has 0 fully saturated rings. The van der Waals surface area contributed by atoms with E-state index in [1.54, 1.807) is 0 Å². The first-order valence-corrected chi connectivity index (χ1v) is 4.80. The highest BCUT2D eigenvalue weighted by Gasteiger charge is 2.14. The van der Waals surface area contributed by atoms with Crippen LogP contribution in [0.25, 0.3) is 0 Å². The summed E-state index contributed by atoms with van der Waals surface area (Å²) < 4.78 is 13.4. The van der Waals surface area contributed by atoms with Crippen molar-refractivity contribution in [3.05, 3.63) is 27.7 Å². The summed E-state index contributed by atoms with van der Waals surface area (Å²) in [6, 6.07) is 0. The predicted molar refractivity (Wildman–Crippen MR) is 51.9 cm³/mol. The van der Waals surface area contributed by atoms with Gasteiger partial charge in [0.2, 0.25) is 5.95 Å². The van der Waals surface area contributed by atoms with Gasteiger partial charge < -0.3 is 5.11 Å². The van der Waals surface area contributed by atoms with Crippen LogP contribution in [0.4, 0.5) is 4.39 Å². The normalized spacial score (nSPS) is 10.9. The predicted octanol–water partition coefficient (Wildman–Crippen LogP) is 2.60. The molecule has 4 heteroatoms. The fraction of sp³-hybridized carbons (Fsp3) is 0.444. The molecular formula is C9H11BrFNO. The zero-order valence-electron chi connectivity index (χ0n) is 7.51. The van der Waals surface area contributed by atoms with Crippen LogP contribution in [0.3, 0.4) is 0 Å². The fourth-order valence-electron chi connectivity index (χ4n) is 1.26. The zero-order chi connectivity index (χ0) is 10.0. The number of pyridine rings is 1. The van der Waals surface area contributed by atoms with Crippen molar-refractivity contribution in [2.45, 2.75) is 26.4 Å². The van der Waals surface area contributed by atoms with E-state index < -0.39 is 5.95 Å². The summed E-state index contributed by atoms with van der Waals surface area (Å²) in [5.41, 5.74) is 1.46. The summed E-state index contributed by atoms with van der Waals surface area (Å²) >= 11 is 3.12. The lowest BCUT2D eigenvalue weighted by molar-refractivity contribution is 0.279. The molecule has 2 nitrogen and oxygen atoms in total. The van der Waals surface area contributed by atoms with Crippen LogP contribution in [0, 0.1) is 5.95 Å². The first-order valence-electron chi connectivity index (χ1n) is 4.01. The van der Waals surface area contributed by atoms with Gasteiger partial charge in [-0.25, -0.2) is 4.98 Å². The van der Waals surface area contributed by atoms with Gasteiger partial charge in [0.05, 0.1) is 11.1 Å². The fourth-order valence-corrected chi connectivity index (χ4v) is 2.08. The van der Waals surface area contributed by atoms with Crippen LogP contribution in [0.5, 0.6) is 0 Å². The van der Waals surface area contributed by atoms with E-state index in [4.69, 9.17) is 5.11 Å². The summed E-state index contributed by atoms with van der Waals surface area (Å²) in [5, 5.41) is 9.00. The van der Waals surface area contributed by atoms with Crippen molar-refractivity contribution in [1.82, 2.24) is 4.98 Å². The van der Waals surface area contributed by atoms with Crippen LogP contribution in [-0.2, 0) is 6.61 Å². The van der Waals surface area contributed by atoms with Gasteiger partial charge in [0.15, 0.2) is 0 Å². The Morgan fingerprint density at radius 1 is 1.62 bits per heavy atom. The molecule has 13 heavy (non-hydrogen) atoms. The second kappa shape index (κ2) is 4.15. The van der Waals surface area contributed by atoms with Crippen molar-refractivity contribution in [2.75, 3.05) is 0 Å². The van der Waals surface area contributed by atoms with Crippen molar-refractivity contribution in [3.8, 4) is 0 Å². The zero-order valence-corrected chi connectivity index (χ0v) is 9.10. The number of nitrogens with zero attached hydrogens (tertiary/aromatic N) is 1. The standard InChI is InChI=1S/C9H11BrFNO/c1-5(2)7-6(4-13)3-12-9(11)8(7)10/h3,5,13H,4H2,1-2H3. The van der Waals surface area contributed by atoms with Crippen LogP contribution >= 0.6 is 15.9 Å². The molecule has 0 saturated heterocycles. The minimum Gasteiger partial charge on any atom is -0.392 e. The van der Waals surface area contributed by atoms with Crippen LogP contribution in [0.15, 0.2) is 10.7 Å². The maximum Gasteiger partial charge on any atom is 0.227 e. The first-order chi connectivity index (χ1) is 6.07. The minimum atomic E-state index is -0.527. The van der Waals surface area contributed by atoms with Crippen molar-refractivity contribution in [3.63, 3.8) is 0 Å². The highest BCUT2D eigenvalue weighted by Crippen LogP contribution is 2.29. The van der Waals surface area contributed by atoms with Gasteiger partial charge in [-0.2, -0.15) is 4.39 Å². The molecule has 1 N–H and O–H groups in total. The molecule has 0 saturated carbocycles. The summed E-state index contributed by atoms with van der Waals surface area (Å²) in [5.74, 6) is -0.366. The number of hydrogen-bond acceptors (Lipinski definition) is 2. The summed E-state index contributed by atoms with van der Waals surface area (Å²) in [4.78, 5) is 3.52. The van der Waals surface area contributed by atoms with E-state index in [1.807, 2.05) is 13.8 Å². The molecule has 0 aliphatic rings. The Labute approximate surface area is 84.9 Å². The molecule has 0 unspecified atom stereocenters. The third-order valence-electron chi connectivity index (χ3n) is 1.84. The van der Waals surface area contributed by atoms with E-state index in [0.29, 0.717) is 10.0 Å². The van der Waals surface area contributed by atoms with E-state index in [2.05, 4.69) is 20.9 Å². The van der Waals surface area contributed by atoms with Gasteiger partial charge in [0.25, 0.3) is 0 Å². The van der Waals surface area contributed by atoms with Crippen molar-refractivity contribution >= 4 is 15.9 Å². The molecule has 1 heterocycles. The molecule has 0 aliphatic carbocycles. The van der Waals surface area contributed by atoms with E-state index in [-0.39, 0.29) is 12.5 Å². The Hall–Kier alpha value is -0.480. The highest BCUT2D eigenvalue weighted by molar-refractivity contribution is 9.10. The maximum atomic E-state index is 13.0. The topological polar surface area (TPSA) is 33.1 Å². The average Bonchev–Trinajstić information content (AvgIpc) is 2.08. The molecule has 72 valence electrons. The number of rotatable bonds is 2. The van der Waals surface area contributed by atoms with E-state index in [1.165, 1.54) is 6.20 Å². The summed E-state index contributed by atoms with van der Waals surface area (Å²) in [7, 11) is 0. The van der Waals surface area contributed by atoms with E-state index in [9.17, 15) is 4.39 Å². The minimum absolute atomic E-state index is 0.112. The van der Waals surface area contributed by atoms with Crippen LogP contribution in [0.2, 0.25) is 0 Å². The Morgan fingerprint density at radius 2 is 2.23 bits per heavy atom. The molecule has 0 amide bonds. The smallest absolute Gasteiger partial charge is 0.227 e. The van der Waals surface area contributed by atoms with Gasteiger partial charge in [-0.15, -0.1) is 0 Å². The van der Waals surface area contributed by atoms with Crippen LogP contribution in [0.1, 0.15) is 30.9 Å². The number of aromatic nitrogens is 1. The third kappa shape index (κ3) is 2.06. The van der Waals surface area contributed by atoms with Gasteiger partial charge >= 0.3 is 0 Å². The quantitative estimate of drug-likeness (QED) is 0.816. The maximum absolute atomic E-state index is 13.0. The summed E-state index contributed by atoms with van der Waals surface area (Å²) in [6.45, 7) is 3.77. The third-order valence-corrected chi connectivity index (χ3v) is 2.60. The molecular weight excluding hydrogens is 237 g/mol. The molecule has 0 atom stereocenters. The SMILES string of the molecule is CC(C)c1c(CO)cnc(F)c1Br. The molecule has 0 aliphatic heterocycles. The second-order valence-corrected chi connectivity index (χ2v) is 3.91. The van der Waals surface area contributed by atoms with Gasteiger partial charge in [0, 0.05) is 11.8 Å². The number of halogens is 2. The van der Waals surface area contributed by atoms with Crippen LogP contribution in [-0.4, -0.2) is 10.1 Å². The van der Waals surface area contributed by atoms with Gasteiger partial charge in [-0.1, -0.05) is 13.8 Å². The van der Waals surface area contributed by atoms with Crippen molar-refractivity contribution < 1.29 is 9.50 Å². The van der Waals surface area contributed by atoms with E-state index >= 15 is 0 Å². The Morgan fingerprint density at radius 3 is 2.69 bits per heavy atom. The van der Waals surface area contributed by atoms with Gasteiger partial charge in [0.1, 0.15) is 0 Å². The lowest BCUT2D eigenvalue weighted by atomic mass is 10.00. The Balaban J connectivity index is 3.32. The Kier molecular flexibility index (Phi) is 3.39. The monoisotopic (exact) mass is 247 g/mol. The number of hydrogen-bond donors (Lipinski definition) is 1. The lowest BCUT2D eigenvalue weighted by Crippen LogP contribution is -2.01. The molecule has 0 bridgehead atoms. The van der Waals surface area contributed by atoms with Gasteiger partial charge in [-0.3, -0.25) is 0 Å². The van der Waals surface area contributed by atoms with E-state index in [0.717, 1.165) is 5.56 Å². The largest absolute Gasteiger partial charge is 0.392 e. The van der Waals surface area contributed by atoms with Crippen molar-refractivity contribution in [2.24, 2.45) is 0 Å². The molecule has 0 spiro atoms.